The number of nitrogens with two attached hydrogens (primary N) is 1. The van der Waals surface area contributed by atoms with E-state index in [1.54, 1.807) is 24.3 Å². The normalized spacial score (nSPS) is 10.1. The van der Waals surface area contributed by atoms with E-state index in [1.165, 1.54) is 24.3 Å². The summed E-state index contributed by atoms with van der Waals surface area (Å²) < 4.78 is 19.6. The van der Waals surface area contributed by atoms with Crippen LogP contribution >= 0.6 is 11.6 Å². The fraction of sp³-hybridized carbons (Fsp3) is 0.0500. The molecule has 0 saturated heterocycles. The summed E-state index contributed by atoms with van der Waals surface area (Å²) in [6, 6.07) is 14.3. The molecular formula is C20H12ClFN4O2. The third-order valence-corrected chi connectivity index (χ3v) is 4.26. The SMILES string of the molecule is N#Cc1c(N)[nH]c(=O)c(C#N)c1-c1cc(Cl)ccc1OCc1ccccc1F. The van der Waals surface area contributed by atoms with E-state index in [2.05, 4.69) is 4.98 Å². The Kier molecular flexibility index (Phi) is 5.30. The first kappa shape index (κ1) is 19.0. The highest BCUT2D eigenvalue weighted by Crippen LogP contribution is 2.37. The largest absolute Gasteiger partial charge is 0.488 e. The van der Waals surface area contributed by atoms with Crippen LogP contribution in [0.15, 0.2) is 47.3 Å². The van der Waals surface area contributed by atoms with Crippen molar-refractivity contribution in [2.45, 2.75) is 6.61 Å². The molecule has 3 aromatic rings. The van der Waals surface area contributed by atoms with Crippen molar-refractivity contribution in [1.82, 2.24) is 4.98 Å². The van der Waals surface area contributed by atoms with Crippen LogP contribution in [0.4, 0.5) is 10.2 Å². The Bertz CT molecular complexity index is 1210. The number of rotatable bonds is 4. The van der Waals surface area contributed by atoms with Crippen LogP contribution in [0.5, 0.6) is 5.75 Å². The fourth-order valence-electron chi connectivity index (χ4n) is 2.71. The number of ether oxygens (including phenoxy) is 1. The minimum Gasteiger partial charge on any atom is -0.488 e. The monoisotopic (exact) mass is 394 g/mol. The smallest absolute Gasteiger partial charge is 0.268 e. The minimum atomic E-state index is -0.742. The van der Waals surface area contributed by atoms with E-state index in [9.17, 15) is 19.7 Å². The van der Waals surface area contributed by atoms with E-state index >= 15 is 0 Å². The molecule has 0 atom stereocenters. The molecule has 0 bridgehead atoms. The lowest BCUT2D eigenvalue weighted by Crippen LogP contribution is -2.16. The standard InChI is InChI=1S/C20H12ClFN4O2/c21-12-5-6-17(28-10-11-3-1-2-4-16(11)22)13(7-12)18-14(8-23)19(25)26-20(27)15(18)9-24/h1-7H,10H2,(H3,25,26,27). The van der Waals surface area contributed by atoms with Crippen molar-refractivity contribution >= 4 is 17.4 Å². The van der Waals surface area contributed by atoms with Crippen molar-refractivity contribution < 1.29 is 9.13 Å². The first-order valence-corrected chi connectivity index (χ1v) is 8.36. The van der Waals surface area contributed by atoms with E-state index in [4.69, 9.17) is 22.1 Å². The molecule has 0 radical (unpaired) electrons. The van der Waals surface area contributed by atoms with Gasteiger partial charge >= 0.3 is 0 Å². The van der Waals surface area contributed by atoms with Gasteiger partial charge in [0, 0.05) is 21.7 Å². The predicted molar refractivity (Wildman–Crippen MR) is 102 cm³/mol. The second-order valence-corrected chi connectivity index (χ2v) is 6.17. The molecule has 8 heteroatoms. The maximum Gasteiger partial charge on any atom is 0.268 e. The van der Waals surface area contributed by atoms with Crippen molar-refractivity contribution in [3.05, 3.63) is 80.3 Å². The first-order chi connectivity index (χ1) is 13.5. The van der Waals surface area contributed by atoms with Gasteiger partial charge in [0.05, 0.1) is 0 Å². The van der Waals surface area contributed by atoms with E-state index < -0.39 is 11.4 Å². The molecule has 0 aliphatic heterocycles. The molecule has 3 N–H and O–H groups in total. The number of benzene rings is 2. The van der Waals surface area contributed by atoms with Gasteiger partial charge in [-0.2, -0.15) is 10.5 Å². The Morgan fingerprint density at radius 3 is 2.54 bits per heavy atom. The summed E-state index contributed by atoms with van der Waals surface area (Å²) in [6.45, 7) is -0.107. The van der Waals surface area contributed by atoms with Crippen LogP contribution in [0.3, 0.4) is 0 Å². The van der Waals surface area contributed by atoms with Crippen LogP contribution in [-0.4, -0.2) is 4.98 Å². The third-order valence-electron chi connectivity index (χ3n) is 4.02. The van der Waals surface area contributed by atoms with Crippen LogP contribution in [0.25, 0.3) is 11.1 Å². The minimum absolute atomic E-state index is 0.0114. The Balaban J connectivity index is 2.18. The fourth-order valence-corrected chi connectivity index (χ4v) is 2.88. The van der Waals surface area contributed by atoms with E-state index in [-0.39, 0.29) is 40.4 Å². The van der Waals surface area contributed by atoms with E-state index in [1.807, 2.05) is 6.07 Å². The van der Waals surface area contributed by atoms with Gasteiger partial charge in [-0.15, -0.1) is 0 Å². The summed E-state index contributed by atoms with van der Waals surface area (Å²) in [5.74, 6) is -0.402. The molecule has 28 heavy (non-hydrogen) atoms. The molecule has 0 fully saturated rings. The highest BCUT2D eigenvalue weighted by atomic mass is 35.5. The molecule has 6 nitrogen and oxygen atoms in total. The molecule has 0 aliphatic carbocycles. The van der Waals surface area contributed by atoms with Crippen LogP contribution in [0, 0.1) is 28.5 Å². The van der Waals surface area contributed by atoms with Crippen LogP contribution < -0.4 is 16.0 Å². The zero-order chi connectivity index (χ0) is 20.3. The summed E-state index contributed by atoms with van der Waals surface area (Å²) >= 11 is 6.08. The Labute approximate surface area is 164 Å². The lowest BCUT2D eigenvalue weighted by Gasteiger charge is -2.15. The second kappa shape index (κ2) is 7.83. The Hall–Kier alpha value is -3.81. The molecule has 0 spiro atoms. The second-order valence-electron chi connectivity index (χ2n) is 5.74. The van der Waals surface area contributed by atoms with Gasteiger partial charge in [0.25, 0.3) is 5.56 Å². The molecule has 1 aromatic heterocycles. The highest BCUT2D eigenvalue weighted by molar-refractivity contribution is 6.31. The van der Waals surface area contributed by atoms with Gasteiger partial charge in [0.15, 0.2) is 0 Å². The lowest BCUT2D eigenvalue weighted by atomic mass is 9.96. The number of H-pyrrole nitrogens is 1. The maximum atomic E-state index is 13.9. The summed E-state index contributed by atoms with van der Waals surface area (Å²) in [7, 11) is 0. The quantitative estimate of drug-likeness (QED) is 0.699. The van der Waals surface area contributed by atoms with Crippen LogP contribution in [0.1, 0.15) is 16.7 Å². The van der Waals surface area contributed by atoms with Crippen molar-refractivity contribution in [3.63, 3.8) is 0 Å². The Morgan fingerprint density at radius 1 is 1.14 bits per heavy atom. The average Bonchev–Trinajstić information content (AvgIpc) is 2.67. The lowest BCUT2D eigenvalue weighted by molar-refractivity contribution is 0.301. The zero-order valence-electron chi connectivity index (χ0n) is 14.3. The first-order valence-electron chi connectivity index (χ1n) is 7.98. The number of aromatic amines is 1. The van der Waals surface area contributed by atoms with Gasteiger partial charge in [-0.25, -0.2) is 4.39 Å². The number of hydrogen-bond acceptors (Lipinski definition) is 5. The van der Waals surface area contributed by atoms with Gasteiger partial charge in [-0.3, -0.25) is 4.79 Å². The summed E-state index contributed by atoms with van der Waals surface area (Å²) in [5, 5.41) is 19.2. The summed E-state index contributed by atoms with van der Waals surface area (Å²) in [4.78, 5) is 14.4. The van der Waals surface area contributed by atoms with Crippen molar-refractivity contribution in [2.75, 3.05) is 5.73 Å². The molecular weight excluding hydrogens is 383 g/mol. The van der Waals surface area contributed by atoms with Crippen molar-refractivity contribution in [2.24, 2.45) is 0 Å². The van der Waals surface area contributed by atoms with Gasteiger partial charge in [-0.1, -0.05) is 29.8 Å². The number of halogens is 2. The van der Waals surface area contributed by atoms with E-state index in [0.29, 0.717) is 10.6 Å². The highest BCUT2D eigenvalue weighted by Gasteiger charge is 2.21. The maximum absolute atomic E-state index is 13.9. The number of aromatic nitrogens is 1. The number of nitriles is 2. The molecule has 0 amide bonds. The number of hydrogen-bond donors (Lipinski definition) is 2. The molecule has 0 saturated carbocycles. The molecule has 0 aliphatic rings. The average molecular weight is 395 g/mol. The number of nitrogens with zero attached hydrogens (tertiary/aromatic N) is 2. The number of pyridine rings is 1. The van der Waals surface area contributed by atoms with Gasteiger partial charge in [0.1, 0.15) is 47.3 Å². The summed E-state index contributed by atoms with van der Waals surface area (Å²) in [6.07, 6.45) is 0. The molecule has 2 aromatic carbocycles. The third kappa shape index (κ3) is 3.52. The zero-order valence-corrected chi connectivity index (χ0v) is 15.0. The number of nitrogen functional groups attached to an aromatic ring is 1. The van der Waals surface area contributed by atoms with Crippen LogP contribution in [0.2, 0.25) is 5.02 Å². The number of anilines is 1. The molecule has 0 unspecified atom stereocenters. The molecule has 3 rings (SSSR count). The predicted octanol–water partition coefficient (Wildman–Crippen LogP) is 3.74. The van der Waals surface area contributed by atoms with Gasteiger partial charge in [-0.05, 0) is 24.3 Å². The molecule has 138 valence electrons. The topological polar surface area (TPSA) is 116 Å². The Morgan fingerprint density at radius 2 is 1.86 bits per heavy atom. The van der Waals surface area contributed by atoms with Gasteiger partial charge in [0.2, 0.25) is 0 Å². The summed E-state index contributed by atoms with van der Waals surface area (Å²) in [5.41, 5.74) is 5.18. The van der Waals surface area contributed by atoms with Crippen molar-refractivity contribution in [1.29, 1.82) is 10.5 Å². The van der Waals surface area contributed by atoms with Gasteiger partial charge < -0.3 is 15.5 Å². The molecule has 1 heterocycles. The van der Waals surface area contributed by atoms with Crippen molar-refractivity contribution in [3.8, 4) is 29.0 Å². The van der Waals surface area contributed by atoms with E-state index in [0.717, 1.165) is 0 Å². The van der Waals surface area contributed by atoms with Crippen LogP contribution in [-0.2, 0) is 6.61 Å². The number of nitrogens with one attached hydrogen (secondary N) is 1.